The molecule has 0 radical (unpaired) electrons. The average molecular weight is 300 g/mol. The fourth-order valence-corrected chi connectivity index (χ4v) is 3.27. The molecule has 1 aromatic rings. The van der Waals surface area contributed by atoms with Crippen molar-refractivity contribution in [2.24, 2.45) is 5.92 Å². The van der Waals surface area contributed by atoms with Gasteiger partial charge in [0.15, 0.2) is 0 Å². The van der Waals surface area contributed by atoms with Crippen molar-refractivity contribution in [1.82, 2.24) is 4.90 Å². The van der Waals surface area contributed by atoms with Gasteiger partial charge in [0.1, 0.15) is 5.82 Å². The Kier molecular flexibility index (Phi) is 3.82. The largest absolute Gasteiger partial charge is 0.335 e. The lowest BCUT2D eigenvalue weighted by Gasteiger charge is -2.25. The van der Waals surface area contributed by atoms with Crippen LogP contribution in [0, 0.1) is 11.7 Å². The third kappa shape index (κ3) is 2.51. The number of carbonyl (C=O) groups excluding carboxylic acids is 1. The Balaban J connectivity index is 2.20. The van der Waals surface area contributed by atoms with Crippen molar-refractivity contribution in [1.29, 1.82) is 0 Å². The molecule has 0 saturated carbocycles. The third-order valence-electron chi connectivity index (χ3n) is 3.37. The summed E-state index contributed by atoms with van der Waals surface area (Å²) in [5.41, 5.74) is 0.435. The molecule has 4 heteroatoms. The van der Waals surface area contributed by atoms with E-state index in [1.165, 1.54) is 12.1 Å². The Morgan fingerprint density at radius 1 is 1.59 bits per heavy atom. The predicted octanol–water partition coefficient (Wildman–Crippen LogP) is 3.07. The van der Waals surface area contributed by atoms with E-state index in [1.807, 2.05) is 4.90 Å². The Hall–Kier alpha value is -0.900. The van der Waals surface area contributed by atoms with E-state index in [4.69, 9.17) is 0 Å². The minimum Gasteiger partial charge on any atom is -0.335 e. The van der Waals surface area contributed by atoms with Crippen molar-refractivity contribution in [3.05, 3.63) is 35.6 Å². The monoisotopic (exact) mass is 299 g/mol. The van der Waals surface area contributed by atoms with Crippen LogP contribution in [0.5, 0.6) is 0 Å². The lowest BCUT2D eigenvalue weighted by Crippen LogP contribution is -2.38. The fraction of sp³-hybridized carbons (Fsp3) is 0.462. The quantitative estimate of drug-likeness (QED) is 0.769. The molecule has 1 aromatic carbocycles. The first-order chi connectivity index (χ1) is 8.13. The maximum atomic E-state index is 13.1. The summed E-state index contributed by atoms with van der Waals surface area (Å²) in [6, 6.07) is 6.11. The third-order valence-corrected chi connectivity index (χ3v) is 4.04. The molecule has 1 aliphatic heterocycles. The average Bonchev–Trinajstić information content (AvgIpc) is 2.69. The minimum atomic E-state index is -0.363. The van der Waals surface area contributed by atoms with Crippen molar-refractivity contribution >= 4 is 21.8 Å². The van der Waals surface area contributed by atoms with E-state index in [0.717, 1.165) is 18.3 Å². The van der Waals surface area contributed by atoms with Gasteiger partial charge >= 0.3 is 0 Å². The molecule has 0 aromatic heterocycles. The smallest absolute Gasteiger partial charge is 0.254 e. The van der Waals surface area contributed by atoms with Crippen LogP contribution in [0.15, 0.2) is 24.3 Å². The van der Waals surface area contributed by atoms with Gasteiger partial charge < -0.3 is 4.90 Å². The summed E-state index contributed by atoms with van der Waals surface area (Å²) in [4.78, 5) is 14.1. The molecule has 2 atom stereocenters. The Morgan fingerprint density at radius 3 is 3.00 bits per heavy atom. The summed E-state index contributed by atoms with van der Waals surface area (Å²) < 4.78 is 13.1. The van der Waals surface area contributed by atoms with E-state index in [0.29, 0.717) is 11.5 Å². The predicted molar refractivity (Wildman–Crippen MR) is 68.8 cm³/mol. The zero-order valence-electron chi connectivity index (χ0n) is 9.70. The van der Waals surface area contributed by atoms with Crippen LogP contribution in [0.2, 0.25) is 0 Å². The zero-order chi connectivity index (χ0) is 12.4. The molecular formula is C13H15BrFNO. The normalized spacial score (nSPS) is 24.1. The Bertz CT molecular complexity index is 424. The van der Waals surface area contributed by atoms with Crippen molar-refractivity contribution in [2.45, 2.75) is 19.4 Å². The number of amides is 1. The first-order valence-electron chi connectivity index (χ1n) is 5.76. The molecule has 0 spiro atoms. The van der Waals surface area contributed by atoms with Crippen LogP contribution < -0.4 is 0 Å². The lowest BCUT2D eigenvalue weighted by atomic mass is 10.0. The molecule has 0 aliphatic carbocycles. The highest BCUT2D eigenvalue weighted by Crippen LogP contribution is 2.27. The van der Waals surface area contributed by atoms with Crippen LogP contribution in [0.4, 0.5) is 4.39 Å². The fourth-order valence-electron chi connectivity index (χ4n) is 2.28. The molecule has 1 saturated heterocycles. The topological polar surface area (TPSA) is 20.3 Å². The number of likely N-dealkylation sites (tertiary alicyclic amines) is 1. The van der Waals surface area contributed by atoms with Crippen molar-refractivity contribution in [2.75, 3.05) is 11.9 Å². The summed E-state index contributed by atoms with van der Waals surface area (Å²) in [6.07, 6.45) is 1.01. The highest BCUT2D eigenvalue weighted by molar-refractivity contribution is 9.09. The maximum absolute atomic E-state index is 13.1. The lowest BCUT2D eigenvalue weighted by molar-refractivity contribution is 0.0738. The number of rotatable bonds is 2. The summed E-state index contributed by atoms with van der Waals surface area (Å²) in [6.45, 7) is 2.90. The summed E-state index contributed by atoms with van der Waals surface area (Å²) in [5.74, 6) is 0.0590. The van der Waals surface area contributed by atoms with E-state index in [2.05, 4.69) is 22.9 Å². The molecule has 1 heterocycles. The first-order valence-corrected chi connectivity index (χ1v) is 6.88. The number of nitrogens with zero attached hydrogens (tertiary/aromatic N) is 1. The summed E-state index contributed by atoms with van der Waals surface area (Å²) in [5, 5.41) is 0.773. The minimum absolute atomic E-state index is 0.0710. The van der Waals surface area contributed by atoms with Gasteiger partial charge in [0.25, 0.3) is 5.91 Å². The van der Waals surface area contributed by atoms with Crippen molar-refractivity contribution in [3.63, 3.8) is 0 Å². The standard InChI is InChI=1S/C13H15BrFNO/c1-9-5-6-16(12(9)8-14)13(17)10-3-2-4-11(15)7-10/h2-4,7,9,12H,5-6,8H2,1H3. The highest BCUT2D eigenvalue weighted by Gasteiger charge is 2.33. The molecule has 0 N–H and O–H groups in total. The van der Waals surface area contributed by atoms with Crippen molar-refractivity contribution in [3.8, 4) is 0 Å². The Labute approximate surface area is 109 Å². The van der Waals surface area contributed by atoms with Gasteiger partial charge in [-0.2, -0.15) is 0 Å². The van der Waals surface area contributed by atoms with Gasteiger partial charge in [0.05, 0.1) is 0 Å². The van der Waals surface area contributed by atoms with Gasteiger partial charge in [-0.15, -0.1) is 0 Å². The number of hydrogen-bond acceptors (Lipinski definition) is 1. The van der Waals surface area contributed by atoms with Crippen LogP contribution in [-0.4, -0.2) is 28.7 Å². The van der Waals surface area contributed by atoms with Gasteiger partial charge in [-0.3, -0.25) is 4.79 Å². The van der Waals surface area contributed by atoms with E-state index >= 15 is 0 Å². The number of hydrogen-bond donors (Lipinski definition) is 0. The molecule has 1 amide bonds. The molecule has 2 unspecified atom stereocenters. The summed E-state index contributed by atoms with van der Waals surface area (Å²) in [7, 11) is 0. The van der Waals surface area contributed by atoms with Crippen LogP contribution in [0.1, 0.15) is 23.7 Å². The van der Waals surface area contributed by atoms with Gasteiger partial charge in [-0.1, -0.05) is 28.9 Å². The number of carbonyl (C=O) groups is 1. The first kappa shape index (κ1) is 12.6. The van der Waals surface area contributed by atoms with E-state index in [1.54, 1.807) is 12.1 Å². The molecule has 0 bridgehead atoms. The molecule has 1 aliphatic rings. The van der Waals surface area contributed by atoms with Crippen LogP contribution in [-0.2, 0) is 0 Å². The van der Waals surface area contributed by atoms with E-state index in [9.17, 15) is 9.18 Å². The highest BCUT2D eigenvalue weighted by atomic mass is 79.9. The van der Waals surface area contributed by atoms with E-state index < -0.39 is 0 Å². The van der Waals surface area contributed by atoms with Crippen molar-refractivity contribution < 1.29 is 9.18 Å². The van der Waals surface area contributed by atoms with Crippen LogP contribution in [0.3, 0.4) is 0 Å². The van der Waals surface area contributed by atoms with Gasteiger partial charge in [-0.05, 0) is 30.5 Å². The molecule has 17 heavy (non-hydrogen) atoms. The SMILES string of the molecule is CC1CCN(C(=O)c2cccc(F)c2)C1CBr. The molecule has 92 valence electrons. The Morgan fingerprint density at radius 2 is 2.35 bits per heavy atom. The second-order valence-corrected chi connectivity index (χ2v) is 5.14. The second-order valence-electron chi connectivity index (χ2n) is 4.50. The van der Waals surface area contributed by atoms with Crippen LogP contribution >= 0.6 is 15.9 Å². The molecule has 2 nitrogen and oxygen atoms in total. The van der Waals surface area contributed by atoms with Gasteiger partial charge in [0, 0.05) is 23.5 Å². The van der Waals surface area contributed by atoms with Crippen LogP contribution in [0.25, 0.3) is 0 Å². The summed E-state index contributed by atoms with van der Waals surface area (Å²) >= 11 is 3.44. The molecular weight excluding hydrogens is 285 g/mol. The number of alkyl halides is 1. The molecule has 1 fully saturated rings. The zero-order valence-corrected chi connectivity index (χ0v) is 11.3. The molecule has 2 rings (SSSR count). The van der Waals surface area contributed by atoms with Gasteiger partial charge in [-0.25, -0.2) is 4.39 Å². The maximum Gasteiger partial charge on any atom is 0.254 e. The van der Waals surface area contributed by atoms with Gasteiger partial charge in [0.2, 0.25) is 0 Å². The second kappa shape index (κ2) is 5.17. The number of benzene rings is 1. The number of halogens is 2. The van der Waals surface area contributed by atoms with E-state index in [-0.39, 0.29) is 17.8 Å².